The number of methoxy groups -OCH3 is 3. The van der Waals surface area contributed by atoms with E-state index in [0.717, 1.165) is 15.2 Å². The Morgan fingerprint density at radius 2 is 1.29 bits per heavy atom. The van der Waals surface area contributed by atoms with E-state index in [2.05, 4.69) is 26.0 Å². The van der Waals surface area contributed by atoms with E-state index in [4.69, 9.17) is 24.7 Å². The van der Waals surface area contributed by atoms with Crippen molar-refractivity contribution in [1.29, 1.82) is 0 Å². The normalized spacial score (nSPS) is 12.0. The molecule has 26 heteroatoms. The van der Waals surface area contributed by atoms with Crippen LogP contribution in [0.4, 0.5) is 25.8 Å². The fourth-order valence-electron chi connectivity index (χ4n) is 7.43. The summed E-state index contributed by atoms with van der Waals surface area (Å²) in [6.07, 6.45) is -4.10. The summed E-state index contributed by atoms with van der Waals surface area (Å²) in [4.78, 5) is 48.9. The molecule has 6 aromatic rings. The minimum Gasteiger partial charge on any atom is -0.497 e. The van der Waals surface area contributed by atoms with E-state index in [1.54, 1.807) is 93.6 Å². The van der Waals surface area contributed by atoms with Crippen molar-refractivity contribution in [3.8, 4) is 39.8 Å². The lowest BCUT2D eigenvalue weighted by molar-refractivity contribution is -0.117. The summed E-state index contributed by atoms with van der Waals surface area (Å²) in [6.45, 7) is 3.02. The van der Waals surface area contributed by atoms with Gasteiger partial charge < -0.3 is 56.2 Å². The van der Waals surface area contributed by atoms with Gasteiger partial charge in [-0.3, -0.25) is 4.79 Å². The Morgan fingerprint density at radius 1 is 0.733 bits per heavy atom. The zero-order valence-corrected chi connectivity index (χ0v) is 43.2. The molecule has 1 atom stereocenters. The smallest absolute Gasteiger partial charge is 0.407 e. The topological polar surface area (TPSA) is 335 Å². The summed E-state index contributed by atoms with van der Waals surface area (Å²) in [5.41, 5.74) is 6.68. The van der Waals surface area contributed by atoms with Gasteiger partial charge in [0.15, 0.2) is 9.84 Å². The highest BCUT2D eigenvalue weighted by Crippen LogP contribution is 2.44. The minimum absolute atomic E-state index is 0.00422. The number of nitrogen functional groups attached to an aromatic ring is 1. The molecule has 0 saturated carbocycles. The first kappa shape index (κ1) is 55.8. The lowest BCUT2D eigenvalue weighted by Gasteiger charge is -2.26. The van der Waals surface area contributed by atoms with Crippen LogP contribution in [-0.2, 0) is 49.0 Å². The molecule has 8 N–H and O–H groups in total. The van der Waals surface area contributed by atoms with Crippen LogP contribution < -0.4 is 41.2 Å². The zero-order chi connectivity index (χ0) is 54.7. The molecule has 0 saturated heterocycles. The van der Waals surface area contributed by atoms with Crippen molar-refractivity contribution in [2.75, 3.05) is 51.2 Å². The molecule has 1 heterocycles. The number of aromatic nitrogens is 4. The third-order valence-corrected chi connectivity index (χ3v) is 14.8. The average Bonchev–Trinajstić information content (AvgIpc) is 3.83. The van der Waals surface area contributed by atoms with Crippen molar-refractivity contribution in [3.63, 3.8) is 0 Å². The monoisotopic (exact) mass is 1070 g/mol. The molecule has 0 fully saturated rings. The van der Waals surface area contributed by atoms with Crippen molar-refractivity contribution < 1.29 is 65.2 Å². The number of alkyl carbamates (subject to hydrolysis) is 1. The number of rotatable bonds is 22. The lowest BCUT2D eigenvalue weighted by Crippen LogP contribution is -2.50. The highest BCUT2D eigenvalue weighted by atomic mass is 32.2. The summed E-state index contributed by atoms with van der Waals surface area (Å²) in [7, 11) is -5.43. The predicted molar refractivity (Wildman–Crippen MR) is 274 cm³/mol. The Labute approximate surface area is 432 Å². The van der Waals surface area contributed by atoms with E-state index >= 15 is 8.42 Å². The molecule has 0 radical (unpaired) electrons. The van der Waals surface area contributed by atoms with Crippen LogP contribution in [0, 0.1) is 0 Å². The van der Waals surface area contributed by atoms with Crippen LogP contribution in [0.2, 0.25) is 0 Å². The second-order valence-electron chi connectivity index (χ2n) is 17.5. The van der Waals surface area contributed by atoms with Crippen molar-refractivity contribution in [1.82, 2.24) is 40.5 Å². The first-order chi connectivity index (χ1) is 35.5. The lowest BCUT2D eigenvalue weighted by atomic mass is 9.96. The highest BCUT2D eigenvalue weighted by molar-refractivity contribution is 7.93. The average molecular weight is 1070 g/mol. The van der Waals surface area contributed by atoms with E-state index in [0.29, 0.717) is 33.9 Å². The molecule has 0 aliphatic rings. The molecule has 4 amide bonds. The van der Waals surface area contributed by atoms with Crippen molar-refractivity contribution in [2.24, 2.45) is 0 Å². The van der Waals surface area contributed by atoms with Crippen molar-refractivity contribution in [2.45, 2.75) is 61.8 Å². The van der Waals surface area contributed by atoms with Crippen LogP contribution in [0.5, 0.6) is 17.2 Å². The fourth-order valence-corrected chi connectivity index (χ4v) is 11.1. The van der Waals surface area contributed by atoms with Gasteiger partial charge in [-0.1, -0.05) is 54.6 Å². The summed E-state index contributed by atoms with van der Waals surface area (Å²) >= 11 is 0. The van der Waals surface area contributed by atoms with Gasteiger partial charge in [-0.25, -0.2) is 31.2 Å². The number of carbonyl (C=O) groups is 4. The number of carboxylic acid groups (broad SMARTS) is 2. The molecule has 0 aliphatic heterocycles. The quantitative estimate of drug-likeness (QED) is 0.0430. The number of para-hydroxylation sites is 1. The third kappa shape index (κ3) is 14.6. The van der Waals surface area contributed by atoms with Gasteiger partial charge in [0.05, 0.1) is 62.0 Å². The van der Waals surface area contributed by atoms with Gasteiger partial charge >= 0.3 is 18.3 Å². The number of nitrogens with one attached hydrogen (secondary N) is 4. The van der Waals surface area contributed by atoms with E-state index < -0.39 is 89.9 Å². The molecule has 1 aromatic heterocycles. The van der Waals surface area contributed by atoms with Crippen LogP contribution in [0.25, 0.3) is 22.5 Å². The number of sulfonamides is 1. The van der Waals surface area contributed by atoms with Crippen LogP contribution in [-0.4, -0.2) is 128 Å². The first-order valence-corrected chi connectivity index (χ1v) is 25.8. The number of nitrogens with two attached hydrogens (primary N) is 1. The third-order valence-electron chi connectivity index (χ3n) is 11.0. The molecular weight excluding hydrogens is 1020 g/mol. The first-order valence-electron chi connectivity index (χ1n) is 22.7. The Morgan fingerprint density at radius 3 is 1.81 bits per heavy atom. The van der Waals surface area contributed by atoms with E-state index in [1.165, 1.54) is 45.6 Å². The maximum absolute atomic E-state index is 16.1. The SMILES string of the molecule is COc1ccc(CN(Cc2ccc(OC)cc2)S(=O)(=O)c2c(S(=O)(=O)CCNC(=O)OC(C)(C)C)ccc(-c3cccc(NC(=O)[C@@H](CNC(=O)O)NC(=O)O)c3N)c2-c2nnn(Cc3ccc(OC)cc3)n2)cc1. The predicted octanol–water partition coefficient (Wildman–Crippen LogP) is 5.20. The Bertz CT molecular complexity index is 3190. The van der Waals surface area contributed by atoms with E-state index in [1.807, 2.05) is 10.6 Å². The summed E-state index contributed by atoms with van der Waals surface area (Å²) in [5.74, 6) is -0.701. The van der Waals surface area contributed by atoms with Gasteiger partial charge in [-0.15, -0.1) is 10.2 Å². The van der Waals surface area contributed by atoms with Gasteiger partial charge in [0.2, 0.25) is 21.8 Å². The van der Waals surface area contributed by atoms with Crippen LogP contribution >= 0.6 is 0 Å². The number of benzene rings is 5. The second kappa shape index (κ2) is 24.0. The van der Waals surface area contributed by atoms with Crippen LogP contribution in [0.15, 0.2) is 113 Å². The van der Waals surface area contributed by atoms with Gasteiger partial charge in [0, 0.05) is 25.2 Å². The molecule has 0 spiro atoms. The van der Waals surface area contributed by atoms with Crippen LogP contribution in [0.1, 0.15) is 37.5 Å². The molecule has 24 nitrogen and oxygen atoms in total. The molecular formula is C49H56N10O14S2. The number of carbonyl (C=O) groups excluding carboxylic acids is 2. The van der Waals surface area contributed by atoms with Crippen molar-refractivity contribution in [3.05, 3.63) is 120 Å². The number of amides is 4. The Kier molecular flexibility index (Phi) is 17.9. The Balaban J connectivity index is 1.63. The molecule has 0 aliphatic carbocycles. The number of nitrogens with zero attached hydrogens (tertiary/aromatic N) is 5. The number of hydrogen-bond acceptors (Lipinski definition) is 16. The fraction of sp³-hybridized carbons (Fsp3) is 0.286. The number of anilines is 2. The summed E-state index contributed by atoms with van der Waals surface area (Å²) in [5, 5.41) is 40.6. The second-order valence-corrected chi connectivity index (χ2v) is 21.4. The summed E-state index contributed by atoms with van der Waals surface area (Å²) in [6, 6.07) is 25.0. The maximum Gasteiger partial charge on any atom is 0.407 e. The van der Waals surface area contributed by atoms with E-state index in [9.17, 15) is 37.8 Å². The molecule has 0 unspecified atom stereocenters. The van der Waals surface area contributed by atoms with Gasteiger partial charge in [0.1, 0.15) is 33.8 Å². The molecule has 0 bridgehead atoms. The Hall–Kier alpha value is -8.49. The molecule has 398 valence electrons. The zero-order valence-electron chi connectivity index (χ0n) is 41.6. The van der Waals surface area contributed by atoms with Crippen LogP contribution in [0.3, 0.4) is 0 Å². The largest absolute Gasteiger partial charge is 0.497 e. The number of hydrogen-bond donors (Lipinski definition) is 7. The number of ether oxygens (including phenoxy) is 4. The van der Waals surface area contributed by atoms with E-state index in [-0.39, 0.29) is 48.0 Å². The van der Waals surface area contributed by atoms with Gasteiger partial charge in [-0.05, 0) is 96.8 Å². The molecule has 5 aromatic carbocycles. The minimum atomic E-state index is -5.13. The summed E-state index contributed by atoms with van der Waals surface area (Å²) < 4.78 is 84.5. The maximum atomic E-state index is 16.1. The van der Waals surface area contributed by atoms with Gasteiger partial charge in [0.25, 0.3) is 0 Å². The molecule has 75 heavy (non-hydrogen) atoms. The molecule has 6 rings (SSSR count). The van der Waals surface area contributed by atoms with Crippen molar-refractivity contribution >= 4 is 55.4 Å². The standard InChI is InChI=1S/C49H56N10O14S2/c1-49(2,3)73-48(65)51-24-25-74(66,67)40-23-22-36(37-8-7-9-38(42(37)50)53-45(60)39(54-47(63)64)26-52-46(61)62)41(44-55-57-59(56-44)29-32-14-20-35(72-6)21-15-32)43(40)75(68,69)58(27-30-10-16-33(70-4)17-11-30)28-31-12-18-34(71-5)19-13-31/h7-23,39,52,54H,24-29,50H2,1-6H3,(H,51,65)(H,53,60)(H,61,62)(H,63,64)/t39-/m1/s1. The highest BCUT2D eigenvalue weighted by Gasteiger charge is 2.38. The number of sulfone groups is 1. The number of tetrazole rings is 1. The van der Waals surface area contributed by atoms with Gasteiger partial charge in [-0.2, -0.15) is 9.10 Å².